The minimum atomic E-state index is 0.699. The molecule has 10 aromatic heterocycles. The van der Waals surface area contributed by atoms with Gasteiger partial charge in [0.2, 0.25) is 11.9 Å². The number of nitrogens with zero attached hydrogens (tertiary/aromatic N) is 9. The fraction of sp³-hybridized carbons (Fsp3) is 0.107. The number of nitrogens with one attached hydrogen (secondary N) is 2. The molecule has 11 heterocycles. The summed E-state index contributed by atoms with van der Waals surface area (Å²) >= 11 is 8.97. The average molecular weight is 1310 g/mol. The maximum Gasteiger partial charge on any atom is 0.225 e. The van der Waals surface area contributed by atoms with Crippen molar-refractivity contribution in [2.45, 2.75) is 13.8 Å². The first-order valence-electron chi connectivity index (χ1n) is 30.6. The lowest BCUT2D eigenvalue weighted by molar-refractivity contribution is 0.122. The fourth-order valence-corrected chi connectivity index (χ4v) is 16.1. The number of ether oxygens (including phenoxy) is 1. The number of thiophene rings is 5. The molecule has 1 fully saturated rings. The van der Waals surface area contributed by atoms with Gasteiger partial charge in [0.1, 0.15) is 0 Å². The molecule has 7 aromatic carbocycles. The van der Waals surface area contributed by atoms with Crippen LogP contribution >= 0.6 is 56.7 Å². The van der Waals surface area contributed by atoms with Gasteiger partial charge in [-0.25, -0.2) is 19.9 Å². The minimum absolute atomic E-state index is 0.699. The summed E-state index contributed by atoms with van der Waals surface area (Å²) in [5, 5.41) is 22.9. The number of aromatic nitrogens is 9. The van der Waals surface area contributed by atoms with Crippen LogP contribution in [0, 0.1) is 0 Å². The Hall–Kier alpha value is -10.1. The number of hydrogen-bond donors (Lipinski definition) is 3. The van der Waals surface area contributed by atoms with E-state index in [0.29, 0.717) is 5.69 Å². The van der Waals surface area contributed by atoms with E-state index in [2.05, 4.69) is 257 Å². The molecule has 1 aliphatic rings. The molecule has 0 atom stereocenters. The number of aromatic amines is 2. The van der Waals surface area contributed by atoms with Crippen LogP contribution in [0.3, 0.4) is 0 Å². The second kappa shape index (κ2) is 28.2. The van der Waals surface area contributed by atoms with E-state index in [1.807, 2.05) is 72.0 Å². The third-order valence-electron chi connectivity index (χ3n) is 15.8. The highest BCUT2D eigenvalue weighted by atomic mass is 32.1. The Bertz CT molecular complexity index is 4980. The largest absolute Gasteiger partial charge is 0.397 e. The highest BCUT2D eigenvalue weighted by Crippen LogP contribution is 2.38. The van der Waals surface area contributed by atoms with Crippen molar-refractivity contribution in [3.05, 3.63) is 244 Å². The van der Waals surface area contributed by atoms with E-state index in [1.165, 1.54) is 85.9 Å². The highest BCUT2D eigenvalue weighted by Gasteiger charge is 2.15. The Morgan fingerprint density at radius 3 is 1.31 bits per heavy atom. The van der Waals surface area contributed by atoms with Crippen LogP contribution in [0.1, 0.15) is 13.8 Å². The van der Waals surface area contributed by atoms with Gasteiger partial charge in [-0.15, -0.1) is 56.7 Å². The third kappa shape index (κ3) is 14.1. The number of rotatable bonds is 9. The molecule has 0 spiro atoms. The number of pyridine rings is 1. The van der Waals surface area contributed by atoms with Crippen LogP contribution in [0.25, 0.3) is 125 Å². The molecule has 17 aromatic rings. The van der Waals surface area contributed by atoms with Crippen molar-refractivity contribution in [1.29, 1.82) is 0 Å². The van der Waals surface area contributed by atoms with Gasteiger partial charge in [0.05, 0.1) is 59.1 Å². The second-order valence-electron chi connectivity index (χ2n) is 21.9. The molecule has 0 amide bonds. The Kier molecular flexibility index (Phi) is 18.4. The molecule has 0 unspecified atom stereocenters. The summed E-state index contributed by atoms with van der Waals surface area (Å²) < 4.78 is 11.9. The third-order valence-corrected chi connectivity index (χ3v) is 21.6. The average Bonchev–Trinajstić information content (AvgIpc) is 2.39. The van der Waals surface area contributed by atoms with E-state index in [9.17, 15) is 0 Å². The van der Waals surface area contributed by atoms with E-state index < -0.39 is 0 Å². The Labute approximate surface area is 557 Å². The van der Waals surface area contributed by atoms with E-state index in [0.717, 1.165) is 89.9 Å². The first kappa shape index (κ1) is 60.5. The number of nitrogen functional groups attached to an aromatic ring is 1. The van der Waals surface area contributed by atoms with Gasteiger partial charge in [-0.2, -0.15) is 10.2 Å². The smallest absolute Gasteiger partial charge is 0.225 e. The summed E-state index contributed by atoms with van der Waals surface area (Å²) in [6.45, 7) is 9.32. The molecular weight excluding hydrogens is 1250 g/mol. The number of nitrogens with two attached hydrogens (primary N) is 1. The van der Waals surface area contributed by atoms with Crippen molar-refractivity contribution >= 4 is 147 Å². The molecule has 1 aliphatic heterocycles. The van der Waals surface area contributed by atoms with Crippen LogP contribution in [0.4, 0.5) is 17.6 Å². The number of H-pyrrole nitrogens is 2. The SMILES string of the molecule is CCN(CC)c1ncc(-c2cc3ccccc3s2)cn1.Nc1ccc(-c2cc3ccccc3s2)nc1.c1ccc2sc(-c3ccc4[nH]ncc4c3)cc2c1.c1ccc2sc(-c3ccc4cn[nH]c4c3)cc2c1.c1ccc2sc(-c3cnc(N4CCOCC4)nc3)cc2c1. The van der Waals surface area contributed by atoms with Crippen LogP contribution in [-0.2, 0) is 4.74 Å². The maximum absolute atomic E-state index is 5.62. The molecular formula is C75H62N12OS5. The van der Waals surface area contributed by atoms with Gasteiger partial charge in [-0.3, -0.25) is 15.2 Å². The van der Waals surface area contributed by atoms with Gasteiger partial charge in [0.15, 0.2) is 0 Å². The van der Waals surface area contributed by atoms with Gasteiger partial charge in [-0.1, -0.05) is 109 Å². The summed E-state index contributed by atoms with van der Waals surface area (Å²) in [6.07, 6.45) is 13.1. The molecule has 18 rings (SSSR count). The van der Waals surface area contributed by atoms with Gasteiger partial charge in [0.25, 0.3) is 0 Å². The minimum Gasteiger partial charge on any atom is -0.397 e. The second-order valence-corrected chi connectivity index (χ2v) is 27.3. The van der Waals surface area contributed by atoms with Crippen molar-refractivity contribution in [3.63, 3.8) is 0 Å². The fourth-order valence-electron chi connectivity index (χ4n) is 10.8. The van der Waals surface area contributed by atoms with Crippen molar-refractivity contribution in [1.82, 2.24) is 45.3 Å². The lowest BCUT2D eigenvalue weighted by atomic mass is 10.1. The number of morpholine rings is 1. The summed E-state index contributed by atoms with van der Waals surface area (Å²) in [5.41, 5.74) is 14.1. The van der Waals surface area contributed by atoms with Crippen molar-refractivity contribution < 1.29 is 4.74 Å². The quantitative estimate of drug-likeness (QED) is 0.126. The molecule has 13 nitrogen and oxygen atoms in total. The molecule has 18 heteroatoms. The molecule has 0 bridgehead atoms. The van der Waals surface area contributed by atoms with Crippen LogP contribution < -0.4 is 15.5 Å². The zero-order chi connectivity index (χ0) is 62.9. The van der Waals surface area contributed by atoms with Crippen LogP contribution in [-0.4, -0.2) is 84.7 Å². The van der Waals surface area contributed by atoms with Gasteiger partial charge in [0, 0.05) is 116 Å². The van der Waals surface area contributed by atoms with Gasteiger partial charge in [-0.05, 0) is 143 Å². The first-order valence-corrected chi connectivity index (χ1v) is 34.7. The number of anilines is 3. The van der Waals surface area contributed by atoms with E-state index in [1.54, 1.807) is 40.2 Å². The lowest BCUT2D eigenvalue weighted by Gasteiger charge is -2.26. The number of hydrogen-bond acceptors (Lipinski definition) is 16. The molecule has 458 valence electrons. The lowest BCUT2D eigenvalue weighted by Crippen LogP contribution is -2.37. The summed E-state index contributed by atoms with van der Waals surface area (Å²) in [4.78, 5) is 32.9. The van der Waals surface area contributed by atoms with E-state index in [4.69, 9.17) is 10.5 Å². The molecule has 0 aliphatic carbocycles. The zero-order valence-corrected chi connectivity index (χ0v) is 55.0. The number of benzene rings is 7. The van der Waals surface area contributed by atoms with Crippen molar-refractivity contribution in [2.75, 3.05) is 54.9 Å². The standard InChI is InChI=1S/C16H15N3OS.C16H17N3S.2C15H10N2S.C13H10N2S/c1-2-4-14-12(3-1)9-15(21-14)13-10-17-16(18-11-13)19-5-7-20-8-6-19;1-3-19(4-2)16-17-10-13(11-18-16)15-9-12-7-5-6-8-14(12)20-15;1-2-4-14-10(3-1)8-15(18-14)11-5-6-13-12(7-11)9-16-17-13;1-2-4-14-10(3-1)8-15(18-14)11-5-6-12-9-16-17-13(12)7-11;14-10-5-6-11(15-8-10)13-7-9-3-1-2-4-12(9)16-13/h1-4,9-11H,5-8H2;5-11H,3-4H2,1-2H3;2*1-9H,(H,16,17);1-8H,14H2. The highest BCUT2D eigenvalue weighted by molar-refractivity contribution is 7.23. The Balaban J connectivity index is 0.000000101. The van der Waals surface area contributed by atoms with Crippen LogP contribution in [0.15, 0.2) is 244 Å². The van der Waals surface area contributed by atoms with Crippen molar-refractivity contribution in [3.8, 4) is 52.3 Å². The van der Waals surface area contributed by atoms with E-state index in [-0.39, 0.29) is 0 Å². The van der Waals surface area contributed by atoms with E-state index >= 15 is 0 Å². The summed E-state index contributed by atoms with van der Waals surface area (Å²) in [6, 6.07) is 69.9. The van der Waals surface area contributed by atoms with Gasteiger partial charge < -0.3 is 20.3 Å². The molecule has 4 N–H and O–H groups in total. The number of fused-ring (bicyclic) bond motifs is 7. The monoisotopic (exact) mass is 1310 g/mol. The van der Waals surface area contributed by atoms with Crippen LogP contribution in [0.2, 0.25) is 0 Å². The summed E-state index contributed by atoms with van der Waals surface area (Å²) in [7, 11) is 0. The van der Waals surface area contributed by atoms with Crippen LogP contribution in [0.5, 0.6) is 0 Å². The molecule has 0 saturated carbocycles. The predicted octanol–water partition coefficient (Wildman–Crippen LogP) is 19.8. The zero-order valence-electron chi connectivity index (χ0n) is 50.9. The Morgan fingerprint density at radius 1 is 0.398 bits per heavy atom. The first-order chi connectivity index (χ1) is 45.8. The molecule has 1 saturated heterocycles. The van der Waals surface area contributed by atoms with Crippen molar-refractivity contribution in [2.24, 2.45) is 0 Å². The maximum atomic E-state index is 5.62. The molecule has 93 heavy (non-hydrogen) atoms. The topological polar surface area (TPSA) is 164 Å². The van der Waals surface area contributed by atoms with Gasteiger partial charge >= 0.3 is 0 Å². The Morgan fingerprint density at radius 2 is 0.828 bits per heavy atom. The molecule has 0 radical (unpaired) electrons. The summed E-state index contributed by atoms with van der Waals surface area (Å²) in [5.74, 6) is 1.60. The predicted molar refractivity (Wildman–Crippen MR) is 396 cm³/mol. The normalized spacial score (nSPS) is 12.1.